The first kappa shape index (κ1) is 14.1. The van der Waals surface area contributed by atoms with Crippen LogP contribution in [-0.2, 0) is 6.42 Å². The van der Waals surface area contributed by atoms with Gasteiger partial charge in [0.05, 0.1) is 7.11 Å². The molecule has 0 amide bonds. The fourth-order valence-electron chi connectivity index (χ4n) is 2.07. The van der Waals surface area contributed by atoms with Crippen LogP contribution in [0.2, 0.25) is 0 Å². The van der Waals surface area contributed by atoms with Crippen LogP contribution < -0.4 is 4.74 Å². The van der Waals surface area contributed by atoms with E-state index in [1.165, 1.54) is 6.33 Å². The molecule has 6 heteroatoms. The molecule has 104 valence electrons. The number of imidazole rings is 1. The van der Waals surface area contributed by atoms with E-state index in [1.807, 2.05) is 0 Å². The molecule has 2 heterocycles. The highest BCUT2D eigenvalue weighted by atomic mass is 35.5. The van der Waals surface area contributed by atoms with Crippen molar-refractivity contribution in [1.82, 2.24) is 19.5 Å². The van der Waals surface area contributed by atoms with Gasteiger partial charge in [-0.3, -0.25) is 0 Å². The zero-order valence-corrected chi connectivity index (χ0v) is 12.5. The molecule has 1 atom stereocenters. The van der Waals surface area contributed by atoms with Gasteiger partial charge in [0.1, 0.15) is 12.2 Å². The summed E-state index contributed by atoms with van der Waals surface area (Å²) in [4.78, 5) is 13.1. The largest absolute Gasteiger partial charge is 0.479 e. The number of halogens is 1. The Balaban J connectivity index is 2.67. The number of hydrogen-bond donors (Lipinski definition) is 0. The van der Waals surface area contributed by atoms with E-state index in [9.17, 15) is 0 Å². The summed E-state index contributed by atoms with van der Waals surface area (Å²) in [5.41, 5.74) is 1.52. The SMILES string of the molecule is COc1ncnc2c1nc(CCCl)n2C(C)C(C)C. The summed E-state index contributed by atoms with van der Waals surface area (Å²) in [5.74, 6) is 2.46. The summed E-state index contributed by atoms with van der Waals surface area (Å²) in [6, 6.07) is 0.294. The number of fused-ring (bicyclic) bond motifs is 1. The first-order valence-corrected chi connectivity index (χ1v) is 6.95. The topological polar surface area (TPSA) is 52.8 Å². The van der Waals surface area contributed by atoms with Crippen molar-refractivity contribution in [3.8, 4) is 5.88 Å². The molecule has 2 aromatic rings. The molecule has 0 aliphatic heterocycles. The van der Waals surface area contributed by atoms with E-state index in [0.717, 1.165) is 11.5 Å². The van der Waals surface area contributed by atoms with Gasteiger partial charge in [-0.05, 0) is 12.8 Å². The molecule has 0 N–H and O–H groups in total. The Morgan fingerprint density at radius 1 is 1.32 bits per heavy atom. The average Bonchev–Trinajstić information content (AvgIpc) is 2.75. The van der Waals surface area contributed by atoms with Crippen molar-refractivity contribution in [1.29, 1.82) is 0 Å². The van der Waals surface area contributed by atoms with Gasteiger partial charge in [0.15, 0.2) is 11.2 Å². The van der Waals surface area contributed by atoms with Gasteiger partial charge in [-0.1, -0.05) is 13.8 Å². The van der Waals surface area contributed by atoms with E-state index >= 15 is 0 Å². The van der Waals surface area contributed by atoms with Gasteiger partial charge in [0.25, 0.3) is 0 Å². The molecule has 0 bridgehead atoms. The Morgan fingerprint density at radius 2 is 2.05 bits per heavy atom. The Hall–Kier alpha value is -1.36. The summed E-state index contributed by atoms with van der Waals surface area (Å²) < 4.78 is 7.40. The predicted octanol–water partition coefficient (Wildman–Crippen LogP) is 2.83. The van der Waals surface area contributed by atoms with Crippen molar-refractivity contribution in [3.05, 3.63) is 12.2 Å². The summed E-state index contributed by atoms with van der Waals surface area (Å²) >= 11 is 5.87. The Kier molecular flexibility index (Phi) is 4.24. The predicted molar refractivity (Wildman–Crippen MR) is 75.8 cm³/mol. The molecular weight excluding hydrogens is 264 g/mol. The highest BCUT2D eigenvalue weighted by molar-refractivity contribution is 6.17. The van der Waals surface area contributed by atoms with E-state index < -0.39 is 0 Å². The van der Waals surface area contributed by atoms with Crippen LogP contribution >= 0.6 is 11.6 Å². The first-order chi connectivity index (χ1) is 9.10. The van der Waals surface area contributed by atoms with Crippen LogP contribution in [0.4, 0.5) is 0 Å². The highest BCUT2D eigenvalue weighted by Gasteiger charge is 2.21. The summed E-state index contributed by atoms with van der Waals surface area (Å²) in [5, 5.41) is 0. The van der Waals surface area contributed by atoms with Crippen molar-refractivity contribution < 1.29 is 4.74 Å². The molecule has 0 fully saturated rings. The Labute approximate surface area is 118 Å². The second-order valence-electron chi connectivity index (χ2n) is 4.88. The standard InChI is InChI=1S/C13H19ClN4O/c1-8(2)9(3)18-10(5-6-14)17-11-12(18)15-7-16-13(11)19-4/h7-9H,5-6H2,1-4H3. The van der Waals surface area contributed by atoms with E-state index in [2.05, 4.69) is 40.3 Å². The monoisotopic (exact) mass is 282 g/mol. The molecule has 2 rings (SSSR count). The van der Waals surface area contributed by atoms with Gasteiger partial charge in [0, 0.05) is 18.3 Å². The van der Waals surface area contributed by atoms with Crippen LogP contribution in [0.25, 0.3) is 11.2 Å². The minimum absolute atomic E-state index is 0.294. The van der Waals surface area contributed by atoms with Gasteiger partial charge in [-0.2, -0.15) is 4.98 Å². The maximum absolute atomic E-state index is 5.87. The lowest BCUT2D eigenvalue weighted by Crippen LogP contribution is -2.15. The number of nitrogens with zero attached hydrogens (tertiary/aromatic N) is 4. The quantitative estimate of drug-likeness (QED) is 0.791. The van der Waals surface area contributed by atoms with Crippen LogP contribution in [0.15, 0.2) is 6.33 Å². The normalized spacial score (nSPS) is 13.2. The van der Waals surface area contributed by atoms with Gasteiger partial charge in [-0.15, -0.1) is 11.6 Å². The van der Waals surface area contributed by atoms with E-state index in [0.29, 0.717) is 35.7 Å². The van der Waals surface area contributed by atoms with Crippen molar-refractivity contribution >= 4 is 22.8 Å². The lowest BCUT2D eigenvalue weighted by Gasteiger charge is -2.20. The van der Waals surface area contributed by atoms with E-state index in [1.54, 1.807) is 7.11 Å². The minimum atomic E-state index is 0.294. The lowest BCUT2D eigenvalue weighted by atomic mass is 10.1. The number of hydrogen-bond acceptors (Lipinski definition) is 4. The van der Waals surface area contributed by atoms with E-state index in [4.69, 9.17) is 16.3 Å². The molecule has 0 aliphatic carbocycles. The van der Waals surface area contributed by atoms with Gasteiger partial charge < -0.3 is 9.30 Å². The third-order valence-corrected chi connectivity index (χ3v) is 3.59. The molecule has 1 unspecified atom stereocenters. The molecule has 0 spiro atoms. The molecule has 5 nitrogen and oxygen atoms in total. The molecule has 0 saturated carbocycles. The van der Waals surface area contributed by atoms with Crippen LogP contribution in [0, 0.1) is 5.92 Å². The molecule has 0 aliphatic rings. The zero-order chi connectivity index (χ0) is 14.0. The molecule has 0 aromatic carbocycles. The summed E-state index contributed by atoms with van der Waals surface area (Å²) in [6.07, 6.45) is 2.22. The van der Waals surface area contributed by atoms with Crippen LogP contribution in [0.5, 0.6) is 5.88 Å². The summed E-state index contributed by atoms with van der Waals surface area (Å²) in [7, 11) is 1.59. The van der Waals surface area contributed by atoms with Gasteiger partial charge in [-0.25, -0.2) is 9.97 Å². The number of alkyl halides is 1. The maximum atomic E-state index is 5.87. The third kappa shape index (κ3) is 2.52. The summed E-state index contributed by atoms with van der Waals surface area (Å²) in [6.45, 7) is 6.52. The van der Waals surface area contributed by atoms with Crippen molar-refractivity contribution in [3.63, 3.8) is 0 Å². The highest BCUT2D eigenvalue weighted by Crippen LogP contribution is 2.28. The van der Waals surface area contributed by atoms with Crippen LogP contribution in [-0.4, -0.2) is 32.5 Å². The van der Waals surface area contributed by atoms with E-state index in [-0.39, 0.29) is 0 Å². The molecule has 0 radical (unpaired) electrons. The first-order valence-electron chi connectivity index (χ1n) is 6.41. The third-order valence-electron chi connectivity index (χ3n) is 3.40. The van der Waals surface area contributed by atoms with Crippen molar-refractivity contribution in [2.24, 2.45) is 5.92 Å². The molecule has 0 saturated heterocycles. The second-order valence-corrected chi connectivity index (χ2v) is 5.25. The van der Waals surface area contributed by atoms with Crippen LogP contribution in [0.3, 0.4) is 0 Å². The van der Waals surface area contributed by atoms with Crippen molar-refractivity contribution in [2.45, 2.75) is 33.2 Å². The molecular formula is C13H19ClN4O. The minimum Gasteiger partial charge on any atom is -0.479 e. The maximum Gasteiger partial charge on any atom is 0.245 e. The molecule has 19 heavy (non-hydrogen) atoms. The van der Waals surface area contributed by atoms with Gasteiger partial charge in [0.2, 0.25) is 5.88 Å². The Morgan fingerprint density at radius 3 is 2.63 bits per heavy atom. The molecule has 2 aromatic heterocycles. The average molecular weight is 283 g/mol. The lowest BCUT2D eigenvalue weighted by molar-refractivity contribution is 0.399. The Bertz CT molecular complexity index is 567. The smallest absolute Gasteiger partial charge is 0.245 e. The number of methoxy groups -OCH3 is 1. The number of rotatable bonds is 5. The van der Waals surface area contributed by atoms with Crippen molar-refractivity contribution in [2.75, 3.05) is 13.0 Å². The number of aryl methyl sites for hydroxylation is 1. The fourth-order valence-corrected chi connectivity index (χ4v) is 2.24. The van der Waals surface area contributed by atoms with Crippen LogP contribution in [0.1, 0.15) is 32.6 Å². The number of ether oxygens (including phenoxy) is 1. The fraction of sp³-hybridized carbons (Fsp3) is 0.615. The van der Waals surface area contributed by atoms with Gasteiger partial charge >= 0.3 is 0 Å². The zero-order valence-electron chi connectivity index (χ0n) is 11.7. The second kappa shape index (κ2) is 5.74. The number of aromatic nitrogens is 4.